The molecule has 8 nitrogen and oxygen atoms in total. The van der Waals surface area contributed by atoms with E-state index >= 15 is 0 Å². The zero-order chi connectivity index (χ0) is 17.6. The third-order valence-electron chi connectivity index (χ3n) is 4.00. The first-order valence-electron chi connectivity index (χ1n) is 7.62. The van der Waals surface area contributed by atoms with Gasteiger partial charge in [0.1, 0.15) is 5.52 Å². The Morgan fingerprint density at radius 1 is 1.16 bits per heavy atom. The molecular formula is C17H14N6O2. The lowest BCUT2D eigenvalue weighted by molar-refractivity contribution is 0.703. The Balaban J connectivity index is 1.90. The number of aromatic nitrogens is 6. The van der Waals surface area contributed by atoms with Gasteiger partial charge < -0.3 is 0 Å². The Morgan fingerprint density at radius 2 is 2.00 bits per heavy atom. The molecule has 4 aromatic heterocycles. The predicted octanol–water partition coefficient (Wildman–Crippen LogP) is 1.18. The number of pyridine rings is 2. The monoisotopic (exact) mass is 334 g/mol. The first-order valence-corrected chi connectivity index (χ1v) is 7.62. The Kier molecular flexibility index (Phi) is 3.31. The van der Waals surface area contributed by atoms with Gasteiger partial charge in [-0.25, -0.2) is 9.67 Å². The van der Waals surface area contributed by atoms with E-state index in [1.165, 1.54) is 7.05 Å². The van der Waals surface area contributed by atoms with Crippen molar-refractivity contribution < 1.29 is 0 Å². The summed E-state index contributed by atoms with van der Waals surface area (Å²) in [5.74, 6) is 0. The van der Waals surface area contributed by atoms with Gasteiger partial charge in [-0.1, -0.05) is 0 Å². The summed E-state index contributed by atoms with van der Waals surface area (Å²) in [6.07, 6.45) is 5.23. The van der Waals surface area contributed by atoms with Crippen molar-refractivity contribution in [3.8, 4) is 16.9 Å². The Hall–Kier alpha value is -3.55. The maximum atomic E-state index is 12.1. The van der Waals surface area contributed by atoms with E-state index in [2.05, 4.69) is 20.2 Å². The quantitative estimate of drug-likeness (QED) is 0.593. The molecule has 4 heterocycles. The van der Waals surface area contributed by atoms with Gasteiger partial charge in [0.05, 0.1) is 28.7 Å². The van der Waals surface area contributed by atoms with E-state index in [0.29, 0.717) is 5.69 Å². The van der Waals surface area contributed by atoms with Crippen molar-refractivity contribution in [2.45, 2.75) is 6.92 Å². The van der Waals surface area contributed by atoms with E-state index in [9.17, 15) is 9.59 Å². The van der Waals surface area contributed by atoms with Crippen LogP contribution in [-0.4, -0.2) is 29.5 Å². The van der Waals surface area contributed by atoms with Gasteiger partial charge in [0.25, 0.3) is 11.1 Å². The van der Waals surface area contributed by atoms with E-state index < -0.39 is 5.56 Å². The average Bonchev–Trinajstić information content (AvgIpc) is 3.02. The van der Waals surface area contributed by atoms with Crippen molar-refractivity contribution in [1.29, 1.82) is 0 Å². The lowest BCUT2D eigenvalue weighted by Gasteiger charge is -2.03. The molecule has 0 amide bonds. The minimum Gasteiger partial charge on any atom is -0.267 e. The van der Waals surface area contributed by atoms with E-state index in [4.69, 9.17) is 0 Å². The normalized spacial score (nSPS) is 11.1. The van der Waals surface area contributed by atoms with Gasteiger partial charge >= 0.3 is 0 Å². The van der Waals surface area contributed by atoms with Crippen LogP contribution in [0.4, 0.5) is 0 Å². The van der Waals surface area contributed by atoms with Gasteiger partial charge in [0.15, 0.2) is 0 Å². The highest BCUT2D eigenvalue weighted by Crippen LogP contribution is 2.23. The summed E-state index contributed by atoms with van der Waals surface area (Å²) in [6, 6.07) is 7.07. The van der Waals surface area contributed by atoms with E-state index in [1.807, 2.05) is 25.3 Å². The smallest absolute Gasteiger partial charge is 0.267 e. The number of hydrogen-bond acceptors (Lipinski definition) is 5. The summed E-state index contributed by atoms with van der Waals surface area (Å²) in [5, 5.41) is 7.22. The first kappa shape index (κ1) is 15.0. The number of aryl methyl sites for hydroxylation is 2. The van der Waals surface area contributed by atoms with Crippen molar-refractivity contribution in [2.24, 2.45) is 7.05 Å². The molecule has 0 aliphatic carbocycles. The molecule has 0 atom stereocenters. The van der Waals surface area contributed by atoms with Crippen LogP contribution in [0, 0.1) is 6.92 Å². The van der Waals surface area contributed by atoms with E-state index in [0.717, 1.165) is 21.6 Å². The van der Waals surface area contributed by atoms with Gasteiger partial charge in [0, 0.05) is 25.0 Å². The number of nitrogens with one attached hydrogen (secondary N) is 1. The topological polar surface area (TPSA) is 98.5 Å². The van der Waals surface area contributed by atoms with Crippen LogP contribution in [0.2, 0.25) is 0 Å². The van der Waals surface area contributed by atoms with Gasteiger partial charge in [-0.3, -0.25) is 24.4 Å². The second-order valence-corrected chi connectivity index (χ2v) is 5.68. The fraction of sp³-hybridized carbons (Fsp3) is 0.118. The van der Waals surface area contributed by atoms with Crippen molar-refractivity contribution >= 4 is 10.9 Å². The standard InChI is InChI=1S/C17H14N6O2/c1-10-13(9-23(20-10)11-4-3-7-18-8-11)14-6-5-12-15(19-14)16(24)21-22(2)17(12)25/h3-9H,1-2H3,(H,21,24). The molecule has 0 spiro atoms. The maximum absolute atomic E-state index is 12.1. The SMILES string of the molecule is Cc1nn(-c2cccnc2)cc1-c1ccc2c(=O)n(C)[nH]c(=O)c2n1. The maximum Gasteiger partial charge on any atom is 0.289 e. The first-order chi connectivity index (χ1) is 12.0. The Labute approximate surface area is 141 Å². The zero-order valence-electron chi connectivity index (χ0n) is 13.6. The minimum absolute atomic E-state index is 0.120. The molecule has 0 bridgehead atoms. The molecule has 1 N–H and O–H groups in total. The molecule has 0 fully saturated rings. The lowest BCUT2D eigenvalue weighted by atomic mass is 10.1. The molecule has 0 unspecified atom stereocenters. The second-order valence-electron chi connectivity index (χ2n) is 5.68. The Bertz CT molecular complexity index is 1200. The van der Waals surface area contributed by atoms with Crippen LogP contribution in [0.25, 0.3) is 27.8 Å². The van der Waals surface area contributed by atoms with Crippen LogP contribution in [0.15, 0.2) is 52.4 Å². The molecular weight excluding hydrogens is 320 g/mol. The summed E-state index contributed by atoms with van der Waals surface area (Å²) in [7, 11) is 1.50. The largest absolute Gasteiger partial charge is 0.289 e. The molecule has 0 aromatic carbocycles. The number of hydrogen-bond donors (Lipinski definition) is 1. The number of H-pyrrole nitrogens is 1. The summed E-state index contributed by atoms with van der Waals surface area (Å²) in [4.78, 5) is 32.7. The number of fused-ring (bicyclic) bond motifs is 1. The van der Waals surface area contributed by atoms with Gasteiger partial charge in [0.2, 0.25) is 0 Å². The number of nitrogens with zero attached hydrogens (tertiary/aromatic N) is 5. The second kappa shape index (κ2) is 5.52. The molecule has 4 aromatic rings. The summed E-state index contributed by atoms with van der Waals surface area (Å²) in [5.41, 5.74) is 2.37. The molecule has 8 heteroatoms. The summed E-state index contributed by atoms with van der Waals surface area (Å²) >= 11 is 0. The molecule has 0 radical (unpaired) electrons. The van der Waals surface area contributed by atoms with Crippen molar-refractivity contribution in [1.82, 2.24) is 29.5 Å². The predicted molar refractivity (Wildman–Crippen MR) is 92.7 cm³/mol. The Morgan fingerprint density at radius 3 is 2.76 bits per heavy atom. The molecule has 0 saturated heterocycles. The fourth-order valence-electron chi connectivity index (χ4n) is 2.72. The van der Waals surface area contributed by atoms with E-state index in [1.54, 1.807) is 29.2 Å². The van der Waals surface area contributed by atoms with Crippen LogP contribution >= 0.6 is 0 Å². The molecule has 124 valence electrons. The van der Waals surface area contributed by atoms with Crippen LogP contribution in [0.1, 0.15) is 5.69 Å². The molecule has 0 aliphatic rings. The van der Waals surface area contributed by atoms with Crippen LogP contribution < -0.4 is 11.1 Å². The third kappa shape index (κ3) is 2.44. The van der Waals surface area contributed by atoms with Crippen LogP contribution in [0.3, 0.4) is 0 Å². The highest BCUT2D eigenvalue weighted by molar-refractivity contribution is 5.80. The lowest BCUT2D eigenvalue weighted by Crippen LogP contribution is -2.28. The number of aromatic amines is 1. The minimum atomic E-state index is -0.406. The van der Waals surface area contributed by atoms with Gasteiger partial charge in [-0.05, 0) is 31.2 Å². The fourth-order valence-corrected chi connectivity index (χ4v) is 2.72. The third-order valence-corrected chi connectivity index (χ3v) is 4.00. The van der Waals surface area contributed by atoms with Gasteiger partial charge in [-0.2, -0.15) is 5.10 Å². The summed E-state index contributed by atoms with van der Waals surface area (Å²) < 4.78 is 2.86. The molecule has 25 heavy (non-hydrogen) atoms. The summed E-state index contributed by atoms with van der Waals surface area (Å²) in [6.45, 7) is 1.86. The number of rotatable bonds is 2. The van der Waals surface area contributed by atoms with Crippen molar-refractivity contribution in [3.05, 3.63) is 69.3 Å². The van der Waals surface area contributed by atoms with Crippen LogP contribution in [0.5, 0.6) is 0 Å². The van der Waals surface area contributed by atoms with Crippen LogP contribution in [-0.2, 0) is 7.05 Å². The molecule has 0 saturated carbocycles. The molecule has 4 rings (SSSR count). The zero-order valence-corrected chi connectivity index (χ0v) is 13.6. The average molecular weight is 334 g/mol. The van der Waals surface area contributed by atoms with Gasteiger partial charge in [-0.15, -0.1) is 0 Å². The molecule has 0 aliphatic heterocycles. The van der Waals surface area contributed by atoms with E-state index in [-0.39, 0.29) is 16.5 Å². The van der Waals surface area contributed by atoms with Crippen molar-refractivity contribution in [2.75, 3.05) is 0 Å². The van der Waals surface area contributed by atoms with Crippen molar-refractivity contribution in [3.63, 3.8) is 0 Å². The highest BCUT2D eigenvalue weighted by Gasteiger charge is 2.13. The highest BCUT2D eigenvalue weighted by atomic mass is 16.2.